The lowest BCUT2D eigenvalue weighted by molar-refractivity contribution is -0.119. The Kier molecular flexibility index (Phi) is 5.46. The molecule has 0 saturated carbocycles. The van der Waals surface area contributed by atoms with Crippen molar-refractivity contribution in [2.75, 3.05) is 19.0 Å². The van der Waals surface area contributed by atoms with E-state index in [4.69, 9.17) is 4.74 Å². The number of hydrogen-bond acceptors (Lipinski definition) is 3. The minimum absolute atomic E-state index is 0.266. The van der Waals surface area contributed by atoms with E-state index in [9.17, 15) is 18.0 Å². The first-order valence-corrected chi connectivity index (χ1v) is 6.78. The van der Waals surface area contributed by atoms with Gasteiger partial charge in [-0.3, -0.25) is 4.79 Å². The lowest BCUT2D eigenvalue weighted by Gasteiger charge is -2.09. The second-order valence-corrected chi connectivity index (χ2v) is 4.70. The molecule has 0 spiro atoms. The molecule has 23 heavy (non-hydrogen) atoms. The van der Waals surface area contributed by atoms with Gasteiger partial charge in [0, 0.05) is 6.54 Å². The standard InChI is InChI=1S/C16H15F3N2O2/c1-23-11-4-2-10(3-5-11)8-21-14(22)9-20-13-7-6-12(17)15(18)16(13)19/h2-7,20H,8-9H2,1H3,(H,21,22). The molecule has 0 aliphatic rings. The summed E-state index contributed by atoms with van der Waals surface area (Å²) >= 11 is 0. The maximum atomic E-state index is 13.4. The van der Waals surface area contributed by atoms with Gasteiger partial charge in [0.2, 0.25) is 5.91 Å². The summed E-state index contributed by atoms with van der Waals surface area (Å²) in [4.78, 5) is 11.7. The molecule has 0 bridgehead atoms. The van der Waals surface area contributed by atoms with Crippen LogP contribution in [0.4, 0.5) is 18.9 Å². The first kappa shape index (κ1) is 16.7. The van der Waals surface area contributed by atoms with Crippen molar-refractivity contribution in [2.45, 2.75) is 6.54 Å². The van der Waals surface area contributed by atoms with Gasteiger partial charge in [-0.05, 0) is 29.8 Å². The monoisotopic (exact) mass is 324 g/mol. The van der Waals surface area contributed by atoms with Gasteiger partial charge >= 0.3 is 0 Å². The molecule has 2 rings (SSSR count). The Balaban J connectivity index is 1.84. The molecule has 7 heteroatoms. The van der Waals surface area contributed by atoms with Crippen LogP contribution in [0.3, 0.4) is 0 Å². The Hall–Kier alpha value is -2.70. The minimum Gasteiger partial charge on any atom is -0.497 e. The first-order valence-electron chi connectivity index (χ1n) is 6.78. The Bertz CT molecular complexity index is 690. The lowest BCUT2D eigenvalue weighted by atomic mass is 10.2. The molecule has 2 N–H and O–H groups in total. The normalized spacial score (nSPS) is 10.3. The molecule has 0 radical (unpaired) electrons. The molecule has 1 amide bonds. The van der Waals surface area contributed by atoms with Crippen LogP contribution in [-0.4, -0.2) is 19.6 Å². The summed E-state index contributed by atoms with van der Waals surface area (Å²) < 4.78 is 44.3. The van der Waals surface area contributed by atoms with Crippen LogP contribution in [0.5, 0.6) is 5.75 Å². The molecule has 2 aromatic carbocycles. The van der Waals surface area contributed by atoms with E-state index in [-0.39, 0.29) is 18.8 Å². The number of nitrogens with one attached hydrogen (secondary N) is 2. The maximum Gasteiger partial charge on any atom is 0.239 e. The fourth-order valence-corrected chi connectivity index (χ4v) is 1.84. The van der Waals surface area contributed by atoms with E-state index in [0.29, 0.717) is 5.75 Å². The van der Waals surface area contributed by atoms with E-state index in [1.54, 1.807) is 31.4 Å². The molecular weight excluding hydrogens is 309 g/mol. The average Bonchev–Trinajstić information content (AvgIpc) is 2.57. The van der Waals surface area contributed by atoms with Crippen molar-refractivity contribution in [2.24, 2.45) is 0 Å². The number of carbonyl (C=O) groups is 1. The molecular formula is C16H15F3N2O2. The van der Waals surface area contributed by atoms with Crippen LogP contribution < -0.4 is 15.4 Å². The van der Waals surface area contributed by atoms with Crippen LogP contribution in [0.2, 0.25) is 0 Å². The molecule has 0 fully saturated rings. The second kappa shape index (κ2) is 7.53. The van der Waals surface area contributed by atoms with Crippen molar-refractivity contribution in [3.63, 3.8) is 0 Å². The van der Waals surface area contributed by atoms with Gasteiger partial charge in [-0.25, -0.2) is 13.2 Å². The van der Waals surface area contributed by atoms with Gasteiger partial charge in [-0.1, -0.05) is 12.1 Å². The summed E-state index contributed by atoms with van der Waals surface area (Å²) in [5, 5.41) is 5.04. The quantitative estimate of drug-likeness (QED) is 0.804. The third-order valence-corrected chi connectivity index (χ3v) is 3.12. The summed E-state index contributed by atoms with van der Waals surface area (Å²) in [7, 11) is 1.56. The number of rotatable bonds is 6. The minimum atomic E-state index is -1.58. The molecule has 2 aromatic rings. The van der Waals surface area contributed by atoms with Gasteiger partial charge in [0.15, 0.2) is 17.5 Å². The second-order valence-electron chi connectivity index (χ2n) is 4.70. The first-order chi connectivity index (χ1) is 11.0. The van der Waals surface area contributed by atoms with Crippen LogP contribution >= 0.6 is 0 Å². The zero-order chi connectivity index (χ0) is 16.8. The number of ether oxygens (including phenoxy) is 1. The number of methoxy groups -OCH3 is 1. The summed E-state index contributed by atoms with van der Waals surface area (Å²) in [6.07, 6.45) is 0. The Morgan fingerprint density at radius 3 is 2.39 bits per heavy atom. The Morgan fingerprint density at radius 1 is 1.04 bits per heavy atom. The van der Waals surface area contributed by atoms with E-state index < -0.39 is 23.4 Å². The van der Waals surface area contributed by atoms with Gasteiger partial charge < -0.3 is 15.4 Å². The van der Waals surface area contributed by atoms with E-state index in [1.165, 1.54) is 0 Å². The smallest absolute Gasteiger partial charge is 0.239 e. The zero-order valence-electron chi connectivity index (χ0n) is 12.3. The number of hydrogen-bond donors (Lipinski definition) is 2. The number of halogens is 3. The highest BCUT2D eigenvalue weighted by Crippen LogP contribution is 2.19. The van der Waals surface area contributed by atoms with Crippen LogP contribution in [0.15, 0.2) is 36.4 Å². The Morgan fingerprint density at radius 2 is 1.74 bits per heavy atom. The highest BCUT2D eigenvalue weighted by atomic mass is 19.2. The molecule has 122 valence electrons. The predicted octanol–water partition coefficient (Wildman–Crippen LogP) is 2.84. The third kappa shape index (κ3) is 4.38. The van der Waals surface area contributed by atoms with Crippen LogP contribution in [0.25, 0.3) is 0 Å². The van der Waals surface area contributed by atoms with Crippen molar-refractivity contribution in [1.29, 1.82) is 0 Å². The number of anilines is 1. The average molecular weight is 324 g/mol. The maximum absolute atomic E-state index is 13.4. The Labute approximate surface area is 131 Å². The lowest BCUT2D eigenvalue weighted by Crippen LogP contribution is -2.29. The SMILES string of the molecule is COc1ccc(CNC(=O)CNc2ccc(F)c(F)c2F)cc1. The van der Waals surface area contributed by atoms with Crippen molar-refractivity contribution in [3.8, 4) is 5.75 Å². The van der Waals surface area contributed by atoms with E-state index in [1.807, 2.05) is 0 Å². The van der Waals surface area contributed by atoms with Gasteiger partial charge in [0.1, 0.15) is 5.75 Å². The van der Waals surface area contributed by atoms with Crippen LogP contribution in [-0.2, 0) is 11.3 Å². The van der Waals surface area contributed by atoms with Crippen molar-refractivity contribution in [3.05, 3.63) is 59.4 Å². The molecule has 0 atom stereocenters. The van der Waals surface area contributed by atoms with E-state index >= 15 is 0 Å². The summed E-state index contributed by atoms with van der Waals surface area (Å²) in [5.41, 5.74) is 0.585. The van der Waals surface area contributed by atoms with E-state index in [0.717, 1.165) is 17.7 Å². The highest BCUT2D eigenvalue weighted by molar-refractivity contribution is 5.80. The molecule has 0 saturated heterocycles. The van der Waals surface area contributed by atoms with Crippen LogP contribution in [0, 0.1) is 17.5 Å². The van der Waals surface area contributed by atoms with Crippen molar-refractivity contribution >= 4 is 11.6 Å². The molecule has 0 aliphatic carbocycles. The fraction of sp³-hybridized carbons (Fsp3) is 0.188. The molecule has 4 nitrogen and oxygen atoms in total. The third-order valence-electron chi connectivity index (χ3n) is 3.12. The summed E-state index contributed by atoms with van der Waals surface area (Å²) in [5.74, 6) is -3.92. The molecule has 0 aromatic heterocycles. The van der Waals surface area contributed by atoms with Gasteiger partial charge in [-0.15, -0.1) is 0 Å². The van der Waals surface area contributed by atoms with E-state index in [2.05, 4.69) is 10.6 Å². The van der Waals surface area contributed by atoms with Crippen LogP contribution in [0.1, 0.15) is 5.56 Å². The van der Waals surface area contributed by atoms with Gasteiger partial charge in [-0.2, -0.15) is 0 Å². The van der Waals surface area contributed by atoms with Crippen molar-refractivity contribution < 1.29 is 22.7 Å². The molecule has 0 unspecified atom stereocenters. The number of amides is 1. The zero-order valence-corrected chi connectivity index (χ0v) is 12.3. The predicted molar refractivity (Wildman–Crippen MR) is 79.6 cm³/mol. The topological polar surface area (TPSA) is 50.4 Å². The highest BCUT2D eigenvalue weighted by Gasteiger charge is 2.13. The van der Waals surface area contributed by atoms with Gasteiger partial charge in [0.05, 0.1) is 19.3 Å². The largest absolute Gasteiger partial charge is 0.497 e. The summed E-state index contributed by atoms with van der Waals surface area (Å²) in [6, 6.07) is 8.93. The number of benzene rings is 2. The fourth-order valence-electron chi connectivity index (χ4n) is 1.84. The molecule has 0 aliphatic heterocycles. The van der Waals surface area contributed by atoms with Gasteiger partial charge in [0.25, 0.3) is 0 Å². The molecule has 0 heterocycles. The van der Waals surface area contributed by atoms with Crippen molar-refractivity contribution in [1.82, 2.24) is 5.32 Å². The summed E-state index contributed by atoms with van der Waals surface area (Å²) in [6.45, 7) is 0.0168. The number of carbonyl (C=O) groups excluding carboxylic acids is 1.